The molecule has 10 rings (SSSR count). The van der Waals surface area contributed by atoms with Crippen molar-refractivity contribution in [3.8, 4) is 45.6 Å². The van der Waals surface area contributed by atoms with Crippen molar-refractivity contribution >= 4 is 91.4 Å². The molecule has 0 atom stereocenters. The molecule has 0 saturated heterocycles. The number of unbranched alkanes of at least 4 members (excludes halogenated alkanes) is 6. The van der Waals surface area contributed by atoms with Gasteiger partial charge < -0.3 is 47.0 Å². The summed E-state index contributed by atoms with van der Waals surface area (Å²) in [4.78, 5) is 78.8. The lowest BCUT2D eigenvalue weighted by Gasteiger charge is -2.26. The van der Waals surface area contributed by atoms with Gasteiger partial charge in [-0.25, -0.2) is 9.59 Å². The number of para-hydroxylation sites is 2. The highest BCUT2D eigenvalue weighted by Gasteiger charge is 2.34. The van der Waals surface area contributed by atoms with Crippen molar-refractivity contribution in [2.45, 2.75) is 103 Å². The molecule has 2 aliphatic carbocycles. The molecular weight excluding hydrogens is 1280 g/mol. The summed E-state index contributed by atoms with van der Waals surface area (Å²) in [5, 5.41) is 18.3. The van der Waals surface area contributed by atoms with E-state index in [1.165, 1.54) is 22.7 Å². The Kier molecular flexibility index (Phi) is 25.8. The van der Waals surface area contributed by atoms with Crippen LogP contribution in [0.1, 0.15) is 114 Å². The minimum atomic E-state index is -0.472. The van der Waals surface area contributed by atoms with Crippen LogP contribution in [0.5, 0.6) is 34.5 Å². The molecule has 0 unspecified atom stereocenters. The SMILES string of the molecule is C=CC(=O)OCCCCCCOc1ccc(OC(=O)C2CCC(C(=O)Oc3ccc(-c4ccc(OC(=O)C5CCC(C(=O)Oc6ccc(OCCCCCCOC(=O)C=C)cc6)CC5)c(/C=N/N=c5/sc6ccccc6n5C)c4)cc3/C=N/N=c3/sc4ccccc4n3C)CC2)cc1. The van der Waals surface area contributed by atoms with Gasteiger partial charge in [0.2, 0.25) is 9.60 Å². The fraction of sp³-hybridized carbons (Fsp3) is 0.342. The summed E-state index contributed by atoms with van der Waals surface area (Å²) in [5.74, 6) is -1.48. The Balaban J connectivity index is 0.789. The maximum absolute atomic E-state index is 14.1. The summed E-state index contributed by atoms with van der Waals surface area (Å²) in [5.41, 5.74) is 4.39. The highest BCUT2D eigenvalue weighted by atomic mass is 32.1. The van der Waals surface area contributed by atoms with Crippen LogP contribution >= 0.6 is 22.7 Å². The molecule has 0 spiro atoms. The number of nitrogens with zero attached hydrogens (tertiary/aromatic N) is 6. The topological polar surface area (TPSA) is 236 Å². The maximum Gasteiger partial charge on any atom is 0.330 e. The molecule has 98 heavy (non-hydrogen) atoms. The largest absolute Gasteiger partial charge is 0.494 e. The molecule has 6 aromatic carbocycles. The Hall–Kier alpha value is -10.1. The van der Waals surface area contributed by atoms with Gasteiger partial charge in [-0.2, -0.15) is 10.2 Å². The van der Waals surface area contributed by atoms with Crippen molar-refractivity contribution in [2.24, 2.45) is 58.2 Å². The van der Waals surface area contributed by atoms with Gasteiger partial charge in [-0.1, -0.05) is 72.2 Å². The number of hydrogen-bond acceptors (Lipinski definition) is 20. The molecule has 2 aromatic heterocycles. The lowest BCUT2D eigenvalue weighted by Crippen LogP contribution is -2.30. The Bertz CT molecular complexity index is 4050. The first-order chi connectivity index (χ1) is 47.8. The normalized spacial score (nSPS) is 16.6. The van der Waals surface area contributed by atoms with Crippen molar-refractivity contribution in [3.63, 3.8) is 0 Å². The van der Waals surface area contributed by atoms with E-state index in [9.17, 15) is 28.8 Å². The quantitative estimate of drug-likeness (QED) is 0.00981. The number of hydrogen-bond donors (Lipinski definition) is 0. The van der Waals surface area contributed by atoms with Crippen molar-refractivity contribution in [2.75, 3.05) is 26.4 Å². The second kappa shape index (κ2) is 35.8. The number of thiazole rings is 2. The summed E-state index contributed by atoms with van der Waals surface area (Å²) < 4.78 is 51.8. The van der Waals surface area contributed by atoms with Crippen LogP contribution in [0, 0.1) is 23.7 Å². The zero-order chi connectivity index (χ0) is 68.6. The number of ether oxygens (including phenoxy) is 8. The van der Waals surface area contributed by atoms with Crippen LogP contribution in [0.25, 0.3) is 31.6 Å². The zero-order valence-electron chi connectivity index (χ0n) is 55.1. The van der Waals surface area contributed by atoms with E-state index in [4.69, 9.17) is 37.9 Å². The first-order valence-electron chi connectivity index (χ1n) is 33.2. The highest BCUT2D eigenvalue weighted by Crippen LogP contribution is 2.36. The first kappa shape index (κ1) is 70.7. The molecule has 22 heteroatoms. The van der Waals surface area contributed by atoms with E-state index in [0.717, 1.165) is 84.0 Å². The van der Waals surface area contributed by atoms with E-state index >= 15 is 0 Å². The lowest BCUT2D eigenvalue weighted by molar-refractivity contribution is -0.145. The van der Waals surface area contributed by atoms with Crippen molar-refractivity contribution in [3.05, 3.63) is 179 Å². The lowest BCUT2D eigenvalue weighted by atomic mass is 9.82. The van der Waals surface area contributed by atoms with Gasteiger partial charge in [-0.3, -0.25) is 19.2 Å². The monoisotopic (exact) mass is 1360 g/mol. The molecule has 0 amide bonds. The molecule has 0 N–H and O–H groups in total. The van der Waals surface area contributed by atoms with Gasteiger partial charge in [0, 0.05) is 37.4 Å². The number of esters is 6. The standard InChI is InChI=1S/C76H80N6O14S2/c1-5-69(83)91-45-17-9-7-15-43-89-59-33-37-61(38-34-59)93-71(85)51-23-27-53(28-24-51)73(87)95-65-41-31-55(47-57(65)49-77-79-75-81(3)63-19-11-13-21-67(63)97-75)56-32-42-66(58(48-56)50-78-80-76-82(4)64-20-12-14-22-68(64)98-76)96-74(88)54-29-25-52(26-30-54)72(86)94-62-39-35-60(36-40-62)90-44-16-8-10-18-46-92-70(84)6-2/h5-6,11-14,19-22,31-42,47-54H,1-2,7-10,15-18,23-30,43-46H2,3-4H3/b77-49+,78-50+,79-75+,80-76+. The maximum atomic E-state index is 14.1. The van der Waals surface area contributed by atoms with E-state index in [0.29, 0.717) is 133 Å². The Morgan fingerprint density at radius 3 is 1.12 bits per heavy atom. The van der Waals surface area contributed by atoms with Gasteiger partial charge in [-0.05, 0) is 211 Å². The van der Waals surface area contributed by atoms with E-state index in [1.54, 1.807) is 73.1 Å². The third-order valence-electron chi connectivity index (χ3n) is 17.2. The number of carbonyl (C=O) groups excluding carboxylic acids is 6. The van der Waals surface area contributed by atoms with Crippen molar-refractivity contribution < 1.29 is 66.7 Å². The van der Waals surface area contributed by atoms with Gasteiger partial charge in [0.05, 0.1) is 83.0 Å². The highest BCUT2D eigenvalue weighted by molar-refractivity contribution is 7.16. The predicted octanol–water partition coefficient (Wildman–Crippen LogP) is 14.3. The third-order valence-corrected chi connectivity index (χ3v) is 19.4. The van der Waals surface area contributed by atoms with Crippen LogP contribution in [0.3, 0.4) is 0 Å². The molecular formula is C76H80N6O14S2. The van der Waals surface area contributed by atoms with E-state index in [-0.39, 0.29) is 23.4 Å². The summed E-state index contributed by atoms with van der Waals surface area (Å²) in [6, 6.07) is 40.7. The molecule has 2 fully saturated rings. The summed E-state index contributed by atoms with van der Waals surface area (Å²) in [6.07, 6.45) is 15.8. The fourth-order valence-electron chi connectivity index (χ4n) is 11.6. The predicted molar refractivity (Wildman–Crippen MR) is 376 cm³/mol. The molecule has 20 nitrogen and oxygen atoms in total. The van der Waals surface area contributed by atoms with Gasteiger partial charge in [-0.15, -0.1) is 10.2 Å². The van der Waals surface area contributed by atoms with Gasteiger partial charge in [0.25, 0.3) is 0 Å². The minimum absolute atomic E-state index is 0.268. The van der Waals surface area contributed by atoms with Crippen LogP contribution < -0.4 is 38.0 Å². The average molecular weight is 1370 g/mol. The molecule has 2 heterocycles. The first-order valence-corrected chi connectivity index (χ1v) is 34.8. The number of aryl methyl sites for hydroxylation is 2. The Morgan fingerprint density at radius 2 is 0.765 bits per heavy atom. The van der Waals surface area contributed by atoms with Crippen LogP contribution in [0.2, 0.25) is 0 Å². The van der Waals surface area contributed by atoms with Crippen LogP contribution in [-0.4, -0.2) is 83.8 Å². The minimum Gasteiger partial charge on any atom is -0.494 e. The number of carbonyl (C=O) groups is 6. The fourth-order valence-corrected chi connectivity index (χ4v) is 13.5. The Morgan fingerprint density at radius 1 is 0.429 bits per heavy atom. The number of rotatable bonds is 31. The summed E-state index contributed by atoms with van der Waals surface area (Å²) in [6.45, 7) is 8.58. The molecule has 0 aliphatic heterocycles. The van der Waals surface area contributed by atoms with E-state index < -0.39 is 47.5 Å². The second-order valence-corrected chi connectivity index (χ2v) is 26.0. The number of fused-ring (bicyclic) bond motifs is 2. The van der Waals surface area contributed by atoms with Crippen LogP contribution in [-0.2, 0) is 52.3 Å². The van der Waals surface area contributed by atoms with Crippen molar-refractivity contribution in [1.82, 2.24) is 9.13 Å². The third kappa shape index (κ3) is 20.0. The van der Waals surface area contributed by atoms with E-state index in [2.05, 4.69) is 33.6 Å². The number of benzene rings is 6. The molecule has 2 saturated carbocycles. The summed E-state index contributed by atoms with van der Waals surface area (Å²) >= 11 is 2.98. The van der Waals surface area contributed by atoms with Gasteiger partial charge in [0.15, 0.2) is 0 Å². The molecule has 2 aliphatic rings. The van der Waals surface area contributed by atoms with Crippen LogP contribution in [0.15, 0.2) is 179 Å². The van der Waals surface area contributed by atoms with Gasteiger partial charge in [0.1, 0.15) is 34.5 Å². The zero-order valence-corrected chi connectivity index (χ0v) is 56.7. The Labute approximate surface area is 576 Å². The van der Waals surface area contributed by atoms with E-state index in [1.807, 2.05) is 96.0 Å². The smallest absolute Gasteiger partial charge is 0.330 e. The molecule has 510 valence electrons. The summed E-state index contributed by atoms with van der Waals surface area (Å²) in [7, 11) is 3.85. The van der Waals surface area contributed by atoms with Gasteiger partial charge >= 0.3 is 35.8 Å². The average Bonchev–Trinajstić information content (AvgIpc) is 1.61. The second-order valence-electron chi connectivity index (χ2n) is 24.0. The van der Waals surface area contributed by atoms with Crippen molar-refractivity contribution in [1.29, 1.82) is 0 Å². The molecule has 8 aromatic rings. The molecule has 0 bridgehead atoms. The number of aromatic nitrogens is 2. The molecule has 0 radical (unpaired) electrons. The van der Waals surface area contributed by atoms with Crippen LogP contribution in [0.4, 0.5) is 0 Å².